The first-order valence-corrected chi connectivity index (χ1v) is 8.86. The highest BCUT2D eigenvalue weighted by atomic mass is 16.5. The van der Waals surface area contributed by atoms with E-state index in [1.165, 1.54) is 0 Å². The van der Waals surface area contributed by atoms with Crippen LogP contribution in [0.25, 0.3) is 11.0 Å². The van der Waals surface area contributed by atoms with Crippen molar-refractivity contribution in [2.45, 2.75) is 24.8 Å². The van der Waals surface area contributed by atoms with Crippen LogP contribution in [0.5, 0.6) is 11.5 Å². The molecule has 2 aromatic heterocycles. The molecule has 11 nitrogen and oxygen atoms in total. The van der Waals surface area contributed by atoms with Crippen LogP contribution in [0.1, 0.15) is 19.3 Å². The Labute approximate surface area is 160 Å². The van der Waals surface area contributed by atoms with Gasteiger partial charge in [0.1, 0.15) is 6.33 Å². The van der Waals surface area contributed by atoms with E-state index in [0.717, 1.165) is 5.52 Å². The maximum Gasteiger partial charge on any atom is 0.229 e. The molecule has 1 amide bonds. The Morgan fingerprint density at radius 3 is 2.71 bits per heavy atom. The van der Waals surface area contributed by atoms with Crippen LogP contribution >= 0.6 is 0 Å². The van der Waals surface area contributed by atoms with Crippen LogP contribution in [0.3, 0.4) is 0 Å². The lowest BCUT2D eigenvalue weighted by Gasteiger charge is -2.35. The number of methoxy groups -OCH3 is 2. The molecule has 0 radical (unpaired) electrons. The molecule has 1 fully saturated rings. The van der Waals surface area contributed by atoms with E-state index < -0.39 is 5.54 Å². The van der Waals surface area contributed by atoms with Crippen LogP contribution < -0.4 is 14.8 Å². The second-order valence-electron chi connectivity index (χ2n) is 6.63. The molecule has 0 saturated carbocycles. The number of ether oxygens (including phenoxy) is 3. The minimum Gasteiger partial charge on any atom is -0.493 e. The van der Waals surface area contributed by atoms with E-state index in [-0.39, 0.29) is 12.3 Å². The molecule has 11 heteroatoms. The second-order valence-corrected chi connectivity index (χ2v) is 6.63. The number of imidazole rings is 1. The molecule has 2 N–H and O–H groups in total. The van der Waals surface area contributed by atoms with Crippen LogP contribution in [0.2, 0.25) is 0 Å². The normalized spacial score (nSPS) is 16.1. The standard InChI is InChI=1S/C17H21N7O4/c1-26-13-7-11-12(8-14(13)27-2)20-16(19-11)21-15(25)9-17(3-5-28-6-4-17)24-10-18-22-23-24/h7-8,10H,3-6,9H2,1-2H3,(H2,19,20,21,25). The zero-order valence-electron chi connectivity index (χ0n) is 15.6. The molecule has 3 heterocycles. The highest BCUT2D eigenvalue weighted by Crippen LogP contribution is 2.33. The van der Waals surface area contributed by atoms with Gasteiger partial charge in [-0.05, 0) is 23.3 Å². The summed E-state index contributed by atoms with van der Waals surface area (Å²) in [6, 6.07) is 3.53. The van der Waals surface area contributed by atoms with Gasteiger partial charge in [-0.3, -0.25) is 10.1 Å². The first kappa shape index (κ1) is 18.2. The Balaban J connectivity index is 1.54. The number of rotatable bonds is 6. The van der Waals surface area contributed by atoms with Crippen molar-refractivity contribution in [3.8, 4) is 11.5 Å². The fraction of sp³-hybridized carbons (Fsp3) is 0.471. The van der Waals surface area contributed by atoms with Gasteiger partial charge >= 0.3 is 0 Å². The highest BCUT2D eigenvalue weighted by Gasteiger charge is 2.38. The number of aromatic nitrogens is 6. The van der Waals surface area contributed by atoms with Gasteiger partial charge in [0, 0.05) is 25.3 Å². The van der Waals surface area contributed by atoms with Crippen LogP contribution in [0, 0.1) is 0 Å². The predicted molar refractivity (Wildman–Crippen MR) is 98.3 cm³/mol. The summed E-state index contributed by atoms with van der Waals surface area (Å²) >= 11 is 0. The average Bonchev–Trinajstić information content (AvgIpc) is 3.37. The fourth-order valence-electron chi connectivity index (χ4n) is 3.49. The lowest BCUT2D eigenvalue weighted by atomic mass is 9.86. The molecule has 148 valence electrons. The van der Waals surface area contributed by atoms with Crippen LogP contribution in [0.15, 0.2) is 18.5 Å². The van der Waals surface area contributed by atoms with E-state index in [1.54, 1.807) is 37.4 Å². The number of hydrogen-bond donors (Lipinski definition) is 2. The van der Waals surface area contributed by atoms with Crippen molar-refractivity contribution in [3.05, 3.63) is 18.5 Å². The molecule has 1 aliphatic rings. The van der Waals surface area contributed by atoms with Gasteiger partial charge in [0.25, 0.3) is 0 Å². The number of fused-ring (bicyclic) bond motifs is 1. The molecule has 0 bridgehead atoms. The third-order valence-electron chi connectivity index (χ3n) is 4.99. The Kier molecular flexibility index (Phi) is 4.82. The van der Waals surface area contributed by atoms with Gasteiger partial charge in [-0.2, -0.15) is 0 Å². The minimum absolute atomic E-state index is 0.185. The monoisotopic (exact) mass is 387 g/mol. The summed E-state index contributed by atoms with van der Waals surface area (Å²) in [6.07, 6.45) is 3.06. The highest BCUT2D eigenvalue weighted by molar-refractivity contribution is 5.92. The van der Waals surface area contributed by atoms with Gasteiger partial charge in [-0.25, -0.2) is 9.67 Å². The SMILES string of the molecule is COc1cc2nc(NC(=O)CC3(n4cnnn4)CCOCC3)[nH]c2cc1OC. The topological polar surface area (TPSA) is 129 Å². The Bertz CT molecular complexity index is 922. The van der Waals surface area contributed by atoms with Crippen LogP contribution in [0.4, 0.5) is 5.95 Å². The first-order chi connectivity index (χ1) is 13.6. The van der Waals surface area contributed by atoms with Crippen molar-refractivity contribution in [1.82, 2.24) is 30.2 Å². The third kappa shape index (κ3) is 3.36. The molecule has 1 aromatic carbocycles. The number of carbonyl (C=O) groups excluding carboxylic acids is 1. The van der Waals surface area contributed by atoms with Gasteiger partial charge in [0.15, 0.2) is 11.5 Å². The van der Waals surface area contributed by atoms with E-state index in [0.29, 0.717) is 49.0 Å². The van der Waals surface area contributed by atoms with E-state index >= 15 is 0 Å². The summed E-state index contributed by atoms with van der Waals surface area (Å²) < 4.78 is 17.7. The number of aromatic amines is 1. The number of nitrogens with one attached hydrogen (secondary N) is 2. The van der Waals surface area contributed by atoms with Crippen molar-refractivity contribution < 1.29 is 19.0 Å². The maximum atomic E-state index is 12.8. The number of nitrogens with zero attached hydrogens (tertiary/aromatic N) is 5. The summed E-state index contributed by atoms with van der Waals surface area (Å²) in [7, 11) is 3.13. The predicted octanol–water partition coefficient (Wildman–Crippen LogP) is 1.10. The number of hydrogen-bond acceptors (Lipinski definition) is 8. The molecule has 0 aliphatic carbocycles. The molecule has 28 heavy (non-hydrogen) atoms. The lowest BCUT2D eigenvalue weighted by molar-refractivity contribution is -0.120. The van der Waals surface area contributed by atoms with Gasteiger partial charge in [0.2, 0.25) is 11.9 Å². The van der Waals surface area contributed by atoms with Crippen molar-refractivity contribution in [3.63, 3.8) is 0 Å². The summed E-state index contributed by atoms with van der Waals surface area (Å²) in [5.41, 5.74) is 0.882. The summed E-state index contributed by atoms with van der Waals surface area (Å²) in [6.45, 7) is 1.11. The van der Waals surface area contributed by atoms with Crippen molar-refractivity contribution >= 4 is 22.9 Å². The molecule has 0 unspecified atom stereocenters. The van der Waals surface area contributed by atoms with Crippen molar-refractivity contribution in [1.29, 1.82) is 0 Å². The van der Waals surface area contributed by atoms with Gasteiger partial charge in [-0.1, -0.05) is 0 Å². The Hall–Kier alpha value is -3.21. The van der Waals surface area contributed by atoms with Crippen LogP contribution in [-0.2, 0) is 15.1 Å². The second kappa shape index (κ2) is 7.43. The average molecular weight is 387 g/mol. The Morgan fingerprint density at radius 1 is 1.29 bits per heavy atom. The zero-order valence-corrected chi connectivity index (χ0v) is 15.6. The van der Waals surface area contributed by atoms with E-state index in [2.05, 4.69) is 30.8 Å². The van der Waals surface area contributed by atoms with E-state index in [4.69, 9.17) is 14.2 Å². The molecule has 1 saturated heterocycles. The van der Waals surface area contributed by atoms with Crippen molar-refractivity contribution in [2.75, 3.05) is 32.8 Å². The number of tetrazole rings is 1. The zero-order chi connectivity index (χ0) is 19.6. The van der Waals surface area contributed by atoms with Crippen molar-refractivity contribution in [2.24, 2.45) is 0 Å². The molecular formula is C17H21N7O4. The summed E-state index contributed by atoms with van der Waals surface area (Å²) in [5.74, 6) is 1.32. The van der Waals surface area contributed by atoms with Crippen LogP contribution in [-0.4, -0.2) is 63.5 Å². The number of anilines is 1. The molecular weight excluding hydrogens is 366 g/mol. The molecule has 0 atom stereocenters. The van der Waals surface area contributed by atoms with Gasteiger partial charge in [-0.15, -0.1) is 5.10 Å². The number of H-pyrrole nitrogens is 1. The first-order valence-electron chi connectivity index (χ1n) is 8.86. The molecule has 3 aromatic rings. The lowest BCUT2D eigenvalue weighted by Crippen LogP contribution is -2.43. The number of benzene rings is 1. The van der Waals surface area contributed by atoms with Gasteiger partial charge < -0.3 is 19.2 Å². The third-order valence-corrected chi connectivity index (χ3v) is 4.99. The molecule has 1 aliphatic heterocycles. The smallest absolute Gasteiger partial charge is 0.229 e. The number of carbonyl (C=O) groups is 1. The van der Waals surface area contributed by atoms with E-state index in [1.807, 2.05) is 0 Å². The summed E-state index contributed by atoms with van der Waals surface area (Å²) in [5, 5.41) is 14.3. The van der Waals surface area contributed by atoms with E-state index in [9.17, 15) is 4.79 Å². The maximum absolute atomic E-state index is 12.8. The van der Waals surface area contributed by atoms with Gasteiger partial charge in [0.05, 0.1) is 37.2 Å². The fourth-order valence-corrected chi connectivity index (χ4v) is 3.49. The molecule has 4 rings (SSSR count). The largest absolute Gasteiger partial charge is 0.493 e. The minimum atomic E-state index is -0.510. The number of amides is 1. The quantitative estimate of drug-likeness (QED) is 0.643. The molecule has 0 spiro atoms. The Morgan fingerprint density at radius 2 is 2.04 bits per heavy atom. The summed E-state index contributed by atoms with van der Waals surface area (Å²) in [4.78, 5) is 20.3.